The van der Waals surface area contributed by atoms with Crippen molar-refractivity contribution in [3.05, 3.63) is 53.9 Å². The maximum Gasteiger partial charge on any atom is 0.573 e. The molecule has 2 aliphatic rings. The van der Waals surface area contributed by atoms with Gasteiger partial charge in [0.1, 0.15) is 12.3 Å². The van der Waals surface area contributed by atoms with Gasteiger partial charge < -0.3 is 14.4 Å². The number of ether oxygens (including phenoxy) is 2. The molecule has 0 unspecified atom stereocenters. The van der Waals surface area contributed by atoms with Gasteiger partial charge in [-0.2, -0.15) is 0 Å². The van der Waals surface area contributed by atoms with Gasteiger partial charge in [0.15, 0.2) is 0 Å². The van der Waals surface area contributed by atoms with E-state index in [1.165, 1.54) is 29.4 Å². The number of carbonyl (C=O) groups excluding carboxylic acids is 3. The van der Waals surface area contributed by atoms with Gasteiger partial charge in [-0.25, -0.2) is 14.7 Å². The number of pyridine rings is 1. The Bertz CT molecular complexity index is 1070. The summed E-state index contributed by atoms with van der Waals surface area (Å²) >= 11 is 0. The molecule has 10 nitrogen and oxygen atoms in total. The number of halogens is 3. The van der Waals surface area contributed by atoms with Crippen molar-refractivity contribution in [3.63, 3.8) is 0 Å². The third-order valence-corrected chi connectivity index (χ3v) is 5.15. The number of alkyl halides is 3. The minimum Gasteiger partial charge on any atom is -0.406 e. The first-order valence-corrected chi connectivity index (χ1v) is 10.3. The predicted molar refractivity (Wildman–Crippen MR) is 111 cm³/mol. The van der Waals surface area contributed by atoms with Crippen LogP contribution in [0.2, 0.25) is 0 Å². The highest BCUT2D eigenvalue weighted by atomic mass is 19.4. The molecule has 2 aliphatic heterocycles. The minimum absolute atomic E-state index is 0.0370. The molecule has 0 bridgehead atoms. The van der Waals surface area contributed by atoms with Gasteiger partial charge in [-0.15, -0.1) is 13.2 Å². The molecule has 0 spiro atoms. The molecule has 3 heterocycles. The van der Waals surface area contributed by atoms with E-state index in [9.17, 15) is 27.6 Å². The number of aromatic nitrogens is 1. The Morgan fingerprint density at radius 1 is 1.12 bits per heavy atom. The average molecular weight is 479 g/mol. The van der Waals surface area contributed by atoms with Crippen LogP contribution in [0.1, 0.15) is 15.9 Å². The molecular weight excluding hydrogens is 459 g/mol. The second-order valence-electron chi connectivity index (χ2n) is 7.48. The van der Waals surface area contributed by atoms with Crippen LogP contribution in [-0.4, -0.2) is 71.9 Å². The van der Waals surface area contributed by atoms with E-state index < -0.39 is 30.0 Å². The monoisotopic (exact) mass is 479 g/mol. The number of imide groups is 1. The first kappa shape index (κ1) is 23.4. The van der Waals surface area contributed by atoms with E-state index in [0.29, 0.717) is 31.9 Å². The van der Waals surface area contributed by atoms with Crippen LogP contribution in [0.15, 0.2) is 42.7 Å². The topological polar surface area (TPSA) is 104 Å². The maximum absolute atomic E-state index is 12.9. The van der Waals surface area contributed by atoms with Crippen LogP contribution < -0.4 is 15.1 Å². The van der Waals surface area contributed by atoms with Gasteiger partial charge in [0.05, 0.1) is 24.5 Å². The van der Waals surface area contributed by atoms with Crippen LogP contribution in [0.25, 0.3) is 0 Å². The van der Waals surface area contributed by atoms with Crippen molar-refractivity contribution in [1.29, 1.82) is 0 Å². The summed E-state index contributed by atoms with van der Waals surface area (Å²) in [5.41, 5.74) is 3.62. The normalized spacial score (nSPS) is 17.3. The SMILES string of the molecule is O=C(NN1CCOCC1)c1cnccc1CN1CC(=O)N(c2ccc(OC(F)(F)F)cc2)C1=O. The summed E-state index contributed by atoms with van der Waals surface area (Å²) < 4.78 is 46.1. The van der Waals surface area contributed by atoms with E-state index in [2.05, 4.69) is 15.1 Å². The zero-order valence-corrected chi connectivity index (χ0v) is 17.7. The summed E-state index contributed by atoms with van der Waals surface area (Å²) in [5.74, 6) is -1.43. The molecule has 13 heteroatoms. The van der Waals surface area contributed by atoms with Crippen LogP contribution in [0.3, 0.4) is 0 Å². The Hall–Kier alpha value is -3.71. The zero-order chi connectivity index (χ0) is 24.3. The molecule has 0 atom stereocenters. The van der Waals surface area contributed by atoms with Gasteiger partial charge in [-0.1, -0.05) is 0 Å². The quantitative estimate of drug-likeness (QED) is 0.632. The Kier molecular flexibility index (Phi) is 6.65. The largest absolute Gasteiger partial charge is 0.573 e. The number of hydrazine groups is 1. The molecular formula is C21H20F3N5O5. The van der Waals surface area contributed by atoms with E-state index >= 15 is 0 Å². The lowest BCUT2D eigenvalue weighted by atomic mass is 10.1. The molecule has 1 aromatic heterocycles. The van der Waals surface area contributed by atoms with Gasteiger partial charge in [0, 0.05) is 32.0 Å². The van der Waals surface area contributed by atoms with Crippen LogP contribution in [0.5, 0.6) is 5.75 Å². The lowest BCUT2D eigenvalue weighted by Gasteiger charge is -2.27. The highest BCUT2D eigenvalue weighted by molar-refractivity contribution is 6.19. The molecule has 0 aliphatic carbocycles. The number of urea groups is 1. The van der Waals surface area contributed by atoms with Crippen molar-refractivity contribution in [3.8, 4) is 5.75 Å². The van der Waals surface area contributed by atoms with Crippen molar-refractivity contribution in [2.75, 3.05) is 37.7 Å². The first-order chi connectivity index (χ1) is 16.2. The summed E-state index contributed by atoms with van der Waals surface area (Å²) in [6.45, 7) is 1.75. The van der Waals surface area contributed by atoms with Crippen LogP contribution in [0.4, 0.5) is 23.7 Å². The molecule has 2 fully saturated rings. The Balaban J connectivity index is 1.46. The predicted octanol–water partition coefficient (Wildman–Crippen LogP) is 1.93. The van der Waals surface area contributed by atoms with E-state index in [1.54, 1.807) is 11.1 Å². The van der Waals surface area contributed by atoms with E-state index in [-0.39, 0.29) is 24.3 Å². The van der Waals surface area contributed by atoms with Crippen molar-refractivity contribution >= 4 is 23.5 Å². The summed E-state index contributed by atoms with van der Waals surface area (Å²) in [5, 5.41) is 1.72. The zero-order valence-electron chi connectivity index (χ0n) is 17.7. The number of benzene rings is 1. The van der Waals surface area contributed by atoms with Crippen molar-refractivity contribution in [2.24, 2.45) is 0 Å². The fourth-order valence-electron chi connectivity index (χ4n) is 3.57. The van der Waals surface area contributed by atoms with E-state index in [1.807, 2.05) is 0 Å². The highest BCUT2D eigenvalue weighted by Crippen LogP contribution is 2.28. The maximum atomic E-state index is 12.9. The summed E-state index contributed by atoms with van der Waals surface area (Å²) in [6, 6.07) is 5.33. The Morgan fingerprint density at radius 3 is 2.50 bits per heavy atom. The van der Waals surface area contributed by atoms with Gasteiger partial charge >= 0.3 is 12.4 Å². The number of hydrogen-bond donors (Lipinski definition) is 1. The standard InChI is InChI=1S/C21H20F3N5O5/c22-21(23,24)34-16-3-1-15(2-4-16)29-18(30)13-27(20(29)32)12-14-5-6-25-11-17(14)19(31)26-28-7-9-33-10-8-28/h1-6,11H,7-10,12-13H2,(H,26,31). The summed E-state index contributed by atoms with van der Waals surface area (Å²) in [6.07, 6.45) is -2.00. The molecule has 2 saturated heterocycles. The highest BCUT2D eigenvalue weighted by Gasteiger charge is 2.38. The van der Waals surface area contributed by atoms with Crippen molar-refractivity contribution in [2.45, 2.75) is 12.9 Å². The molecule has 0 saturated carbocycles. The second kappa shape index (κ2) is 9.65. The molecule has 1 aromatic carbocycles. The Morgan fingerprint density at radius 2 is 1.82 bits per heavy atom. The number of nitrogens with one attached hydrogen (secondary N) is 1. The molecule has 2 aromatic rings. The minimum atomic E-state index is -4.85. The first-order valence-electron chi connectivity index (χ1n) is 10.3. The number of carbonyl (C=O) groups is 3. The number of amides is 4. The Labute approximate surface area is 191 Å². The fourth-order valence-corrected chi connectivity index (χ4v) is 3.57. The van der Waals surface area contributed by atoms with E-state index in [4.69, 9.17) is 4.74 Å². The van der Waals surface area contributed by atoms with Gasteiger partial charge in [-0.05, 0) is 35.9 Å². The summed E-state index contributed by atoms with van der Waals surface area (Å²) in [4.78, 5) is 44.3. The number of hydrogen-bond acceptors (Lipinski definition) is 7. The summed E-state index contributed by atoms with van der Waals surface area (Å²) in [7, 11) is 0. The fraction of sp³-hybridized carbons (Fsp3) is 0.333. The van der Waals surface area contributed by atoms with Crippen LogP contribution >= 0.6 is 0 Å². The lowest BCUT2D eigenvalue weighted by molar-refractivity contribution is -0.274. The number of anilines is 1. The van der Waals surface area contributed by atoms with Crippen molar-refractivity contribution < 1.29 is 37.0 Å². The molecule has 180 valence electrons. The molecule has 1 N–H and O–H groups in total. The molecule has 4 rings (SSSR count). The average Bonchev–Trinajstić information content (AvgIpc) is 3.07. The van der Waals surface area contributed by atoms with Crippen molar-refractivity contribution in [1.82, 2.24) is 20.3 Å². The smallest absolute Gasteiger partial charge is 0.406 e. The number of nitrogens with zero attached hydrogens (tertiary/aromatic N) is 4. The third kappa shape index (κ3) is 5.43. The van der Waals surface area contributed by atoms with Gasteiger partial charge in [-0.3, -0.25) is 20.0 Å². The number of rotatable bonds is 6. The molecule has 4 amide bonds. The second-order valence-corrected chi connectivity index (χ2v) is 7.48. The number of morpholine rings is 1. The molecule has 34 heavy (non-hydrogen) atoms. The molecule has 0 radical (unpaired) electrons. The van der Waals surface area contributed by atoms with Gasteiger partial charge in [0.25, 0.3) is 11.8 Å². The van der Waals surface area contributed by atoms with E-state index in [0.717, 1.165) is 17.0 Å². The van der Waals surface area contributed by atoms with Crippen LogP contribution in [0, 0.1) is 0 Å². The third-order valence-electron chi connectivity index (χ3n) is 5.15. The van der Waals surface area contributed by atoms with Crippen LogP contribution in [-0.2, 0) is 16.1 Å². The lowest BCUT2D eigenvalue weighted by Crippen LogP contribution is -2.48. The van der Waals surface area contributed by atoms with Gasteiger partial charge in [0.2, 0.25) is 0 Å².